The molecule has 0 spiro atoms. The summed E-state index contributed by atoms with van der Waals surface area (Å²) in [5.41, 5.74) is 4.25. The van der Waals surface area contributed by atoms with E-state index < -0.39 is 6.04 Å². The van der Waals surface area contributed by atoms with Gasteiger partial charge in [-0.15, -0.1) is 0 Å². The van der Waals surface area contributed by atoms with Gasteiger partial charge in [-0.05, 0) is 31.9 Å². The van der Waals surface area contributed by atoms with Crippen molar-refractivity contribution in [2.24, 2.45) is 0 Å². The van der Waals surface area contributed by atoms with Crippen LogP contribution in [0.1, 0.15) is 29.7 Å². The molecule has 0 aromatic heterocycles. The summed E-state index contributed by atoms with van der Waals surface area (Å²) in [4.78, 5) is 27.5. The number of thioether (sulfide) groups is 1. The second-order valence-corrected chi connectivity index (χ2v) is 8.12. The van der Waals surface area contributed by atoms with Crippen molar-refractivity contribution < 1.29 is 14.3 Å². The minimum Gasteiger partial charge on any atom is -0.463 e. The summed E-state index contributed by atoms with van der Waals surface area (Å²) in [5, 5.41) is 5.78. The lowest BCUT2D eigenvalue weighted by Crippen LogP contribution is -2.49. The van der Waals surface area contributed by atoms with Gasteiger partial charge in [-0.2, -0.15) is 11.8 Å². The molecule has 1 aromatic carbocycles. The highest BCUT2D eigenvalue weighted by molar-refractivity contribution is 7.99. The average Bonchev–Trinajstić information content (AvgIpc) is 2.62. The van der Waals surface area contributed by atoms with Crippen LogP contribution in [0.25, 0.3) is 0 Å². The third kappa shape index (κ3) is 4.65. The lowest BCUT2D eigenvalue weighted by molar-refractivity contribution is -0.139. The summed E-state index contributed by atoms with van der Waals surface area (Å²) in [6.45, 7) is 8.55. The van der Waals surface area contributed by atoms with Gasteiger partial charge in [0.05, 0.1) is 18.2 Å². The Morgan fingerprint density at radius 2 is 2.04 bits per heavy atom. The van der Waals surface area contributed by atoms with E-state index in [-0.39, 0.29) is 12.0 Å². The summed E-state index contributed by atoms with van der Waals surface area (Å²) in [6.07, 6.45) is 0. The Balaban J connectivity index is 2.01. The molecule has 3 rings (SSSR count). The van der Waals surface area contributed by atoms with Gasteiger partial charge < -0.3 is 15.4 Å². The van der Waals surface area contributed by atoms with E-state index in [1.165, 1.54) is 0 Å². The van der Waals surface area contributed by atoms with E-state index in [9.17, 15) is 9.59 Å². The normalized spacial score (nSPS) is 20.9. The molecular formula is C20H27N3O3S. The summed E-state index contributed by atoms with van der Waals surface area (Å²) in [7, 11) is 0. The predicted molar refractivity (Wildman–Crippen MR) is 108 cm³/mol. The molecule has 2 amide bonds. The minimum absolute atomic E-state index is 0.283. The van der Waals surface area contributed by atoms with Gasteiger partial charge in [0.1, 0.15) is 0 Å². The molecule has 6 nitrogen and oxygen atoms in total. The minimum atomic E-state index is -0.507. The molecule has 0 radical (unpaired) electrons. The number of hydrogen-bond donors (Lipinski definition) is 2. The van der Waals surface area contributed by atoms with E-state index in [0.29, 0.717) is 24.4 Å². The maximum atomic E-state index is 12.8. The van der Waals surface area contributed by atoms with Gasteiger partial charge in [-0.1, -0.05) is 23.8 Å². The first-order chi connectivity index (χ1) is 13.0. The van der Waals surface area contributed by atoms with E-state index in [0.717, 1.165) is 41.3 Å². The number of hydrogen-bond acceptors (Lipinski definition) is 5. The van der Waals surface area contributed by atoms with Crippen molar-refractivity contribution in [3.63, 3.8) is 0 Å². The van der Waals surface area contributed by atoms with Gasteiger partial charge in [0.2, 0.25) is 0 Å². The number of aryl methyl sites for hydroxylation is 2. The lowest BCUT2D eigenvalue weighted by Gasteiger charge is -2.33. The zero-order valence-corrected chi connectivity index (χ0v) is 16.9. The van der Waals surface area contributed by atoms with Crippen LogP contribution in [0.2, 0.25) is 0 Å². The Morgan fingerprint density at radius 3 is 2.70 bits per heavy atom. The standard InChI is InChI=1S/C20H27N3O3S/c1-4-26-19(24)17-16(12-23-7-9-27-10-8-23)21-20(25)22-18(17)15-6-5-13(2)11-14(15)3/h5-6,11,18H,4,7-10,12H2,1-3H3,(H2,21,22,25). The molecule has 2 aliphatic rings. The van der Waals surface area contributed by atoms with Crippen LogP contribution in [0.15, 0.2) is 29.5 Å². The van der Waals surface area contributed by atoms with Gasteiger partial charge in [0, 0.05) is 36.8 Å². The molecule has 2 heterocycles. The molecule has 7 heteroatoms. The quantitative estimate of drug-likeness (QED) is 0.758. The Bertz CT molecular complexity index is 757. The zero-order chi connectivity index (χ0) is 19.4. The van der Waals surface area contributed by atoms with Crippen LogP contribution in [0.5, 0.6) is 0 Å². The maximum Gasteiger partial charge on any atom is 0.338 e. The molecule has 1 aromatic rings. The lowest BCUT2D eigenvalue weighted by atomic mass is 9.91. The van der Waals surface area contributed by atoms with Gasteiger partial charge in [0.25, 0.3) is 0 Å². The average molecular weight is 390 g/mol. The molecule has 2 N–H and O–H groups in total. The molecule has 0 aliphatic carbocycles. The Hall–Kier alpha value is -1.99. The second-order valence-electron chi connectivity index (χ2n) is 6.89. The number of carbonyl (C=O) groups excluding carboxylic acids is 2. The van der Waals surface area contributed by atoms with E-state index in [2.05, 4.69) is 21.6 Å². The number of benzene rings is 1. The van der Waals surface area contributed by atoms with Crippen LogP contribution in [0.4, 0.5) is 4.79 Å². The van der Waals surface area contributed by atoms with Crippen LogP contribution >= 0.6 is 11.8 Å². The van der Waals surface area contributed by atoms with Crippen molar-refractivity contribution in [3.05, 3.63) is 46.2 Å². The summed E-state index contributed by atoms with van der Waals surface area (Å²) < 4.78 is 5.34. The molecule has 146 valence electrons. The third-order valence-corrected chi connectivity index (χ3v) is 5.81. The Morgan fingerprint density at radius 1 is 1.30 bits per heavy atom. The largest absolute Gasteiger partial charge is 0.463 e. The van der Waals surface area contributed by atoms with Crippen molar-refractivity contribution in [1.82, 2.24) is 15.5 Å². The van der Waals surface area contributed by atoms with Crippen LogP contribution in [0.3, 0.4) is 0 Å². The first kappa shape index (κ1) is 19.8. The highest BCUT2D eigenvalue weighted by Gasteiger charge is 2.35. The van der Waals surface area contributed by atoms with Gasteiger partial charge in [-0.3, -0.25) is 4.90 Å². The fourth-order valence-corrected chi connectivity index (χ4v) is 4.54. The smallest absolute Gasteiger partial charge is 0.338 e. The SMILES string of the molecule is CCOC(=O)C1=C(CN2CCSCC2)NC(=O)NC1c1ccc(C)cc1C. The number of nitrogens with one attached hydrogen (secondary N) is 2. The topological polar surface area (TPSA) is 70.7 Å². The van der Waals surface area contributed by atoms with Crippen LogP contribution in [-0.4, -0.2) is 54.6 Å². The van der Waals surface area contributed by atoms with Crippen LogP contribution in [0, 0.1) is 13.8 Å². The summed E-state index contributed by atoms with van der Waals surface area (Å²) in [5.74, 6) is 1.75. The number of esters is 1. The van der Waals surface area contributed by atoms with Crippen LogP contribution < -0.4 is 10.6 Å². The molecule has 0 saturated carbocycles. The number of urea groups is 1. The maximum absolute atomic E-state index is 12.8. The molecule has 1 atom stereocenters. The number of nitrogens with zero attached hydrogens (tertiary/aromatic N) is 1. The second kappa shape index (κ2) is 8.80. The summed E-state index contributed by atoms with van der Waals surface area (Å²) >= 11 is 1.93. The van der Waals surface area contributed by atoms with Crippen molar-refractivity contribution in [2.45, 2.75) is 26.8 Å². The fraction of sp³-hybridized carbons (Fsp3) is 0.500. The van der Waals surface area contributed by atoms with E-state index >= 15 is 0 Å². The number of rotatable bonds is 5. The predicted octanol–water partition coefficient (Wildman–Crippen LogP) is 2.52. The van der Waals surface area contributed by atoms with Crippen molar-refractivity contribution in [2.75, 3.05) is 37.7 Å². The van der Waals surface area contributed by atoms with Gasteiger partial charge >= 0.3 is 12.0 Å². The molecular weight excluding hydrogens is 362 g/mol. The molecule has 1 fully saturated rings. The van der Waals surface area contributed by atoms with Gasteiger partial charge in [0.15, 0.2) is 0 Å². The molecule has 2 aliphatic heterocycles. The monoisotopic (exact) mass is 389 g/mol. The summed E-state index contributed by atoms with van der Waals surface area (Å²) in [6, 6.07) is 5.26. The Kier molecular flexibility index (Phi) is 6.44. The highest BCUT2D eigenvalue weighted by atomic mass is 32.2. The molecule has 0 bridgehead atoms. The number of carbonyl (C=O) groups is 2. The van der Waals surface area contributed by atoms with E-state index in [4.69, 9.17) is 4.74 Å². The molecule has 27 heavy (non-hydrogen) atoms. The number of amides is 2. The van der Waals surface area contributed by atoms with E-state index in [1.54, 1.807) is 6.92 Å². The van der Waals surface area contributed by atoms with Crippen molar-refractivity contribution >= 4 is 23.8 Å². The Labute approximate surface area is 164 Å². The van der Waals surface area contributed by atoms with Gasteiger partial charge in [-0.25, -0.2) is 9.59 Å². The van der Waals surface area contributed by atoms with Crippen LogP contribution in [-0.2, 0) is 9.53 Å². The molecule has 1 saturated heterocycles. The first-order valence-electron chi connectivity index (χ1n) is 9.34. The highest BCUT2D eigenvalue weighted by Crippen LogP contribution is 2.30. The number of ether oxygens (including phenoxy) is 1. The molecule has 1 unspecified atom stereocenters. The third-order valence-electron chi connectivity index (χ3n) is 4.87. The van der Waals surface area contributed by atoms with E-state index in [1.807, 2.05) is 37.7 Å². The zero-order valence-electron chi connectivity index (χ0n) is 16.1. The van der Waals surface area contributed by atoms with Crippen molar-refractivity contribution in [1.29, 1.82) is 0 Å². The fourth-order valence-electron chi connectivity index (χ4n) is 3.56. The van der Waals surface area contributed by atoms with Crippen molar-refractivity contribution in [3.8, 4) is 0 Å². The first-order valence-corrected chi connectivity index (χ1v) is 10.5.